The minimum Gasteiger partial charge on any atom is -0.468 e. The zero-order valence-electron chi connectivity index (χ0n) is 20.6. The second-order valence-electron chi connectivity index (χ2n) is 9.16. The Labute approximate surface area is 213 Å². The van der Waals surface area contributed by atoms with E-state index in [2.05, 4.69) is 14.8 Å². The molecular weight excluding hydrogens is 483 g/mol. The Kier molecular flexibility index (Phi) is 6.90. The highest BCUT2D eigenvalue weighted by atomic mass is 32.1. The number of likely N-dealkylation sites (tertiary alicyclic amines) is 1. The Hall–Kier alpha value is -3.11. The van der Waals surface area contributed by atoms with E-state index < -0.39 is 12.0 Å². The van der Waals surface area contributed by atoms with Crippen molar-refractivity contribution in [2.75, 3.05) is 26.8 Å². The van der Waals surface area contributed by atoms with Crippen LogP contribution in [0.4, 0.5) is 4.39 Å². The molecule has 1 unspecified atom stereocenters. The van der Waals surface area contributed by atoms with Gasteiger partial charge < -0.3 is 14.4 Å². The Morgan fingerprint density at radius 2 is 2.14 bits per heavy atom. The van der Waals surface area contributed by atoms with Gasteiger partial charge in [0.15, 0.2) is 10.8 Å². The van der Waals surface area contributed by atoms with Crippen molar-refractivity contribution >= 4 is 29.1 Å². The number of nitrogens with zero attached hydrogens (tertiary/aromatic N) is 4. The van der Waals surface area contributed by atoms with Crippen LogP contribution in [0, 0.1) is 12.7 Å². The topological polar surface area (TPSA) is 84.3 Å². The predicted molar refractivity (Wildman–Crippen MR) is 133 cm³/mol. The van der Waals surface area contributed by atoms with E-state index in [0.29, 0.717) is 29.9 Å². The fraction of sp³-hybridized carbons (Fsp3) is 0.462. The smallest absolute Gasteiger partial charge is 0.338 e. The normalized spacial score (nSPS) is 24.1. The van der Waals surface area contributed by atoms with E-state index >= 15 is 0 Å². The van der Waals surface area contributed by atoms with Crippen molar-refractivity contribution in [3.8, 4) is 0 Å². The molecule has 2 fully saturated rings. The molecule has 0 N–H and O–H groups in total. The van der Waals surface area contributed by atoms with Crippen LogP contribution in [0.25, 0.3) is 0 Å². The first-order chi connectivity index (χ1) is 17.4. The number of hydrogen-bond donors (Lipinski definition) is 0. The first kappa shape index (κ1) is 24.6. The van der Waals surface area contributed by atoms with Crippen molar-refractivity contribution in [3.63, 3.8) is 0 Å². The Bertz CT molecular complexity index is 1230. The molecule has 0 radical (unpaired) electrons. The summed E-state index contributed by atoms with van der Waals surface area (Å²) in [7, 11) is 1.42. The van der Waals surface area contributed by atoms with Gasteiger partial charge in [-0.2, -0.15) is 0 Å². The van der Waals surface area contributed by atoms with Gasteiger partial charge in [0.1, 0.15) is 17.9 Å². The van der Waals surface area contributed by atoms with Crippen LogP contribution in [-0.2, 0) is 19.1 Å². The Morgan fingerprint density at radius 3 is 2.83 bits per heavy atom. The third kappa shape index (κ3) is 4.32. The average Bonchev–Trinajstić information content (AvgIpc) is 3.63. The maximum atomic E-state index is 14.0. The number of carbonyl (C=O) groups excluding carboxylic acids is 2. The summed E-state index contributed by atoms with van der Waals surface area (Å²) in [5.74, 6) is -0.324. The molecule has 0 aliphatic carbocycles. The van der Waals surface area contributed by atoms with Crippen LogP contribution < -0.4 is 0 Å². The van der Waals surface area contributed by atoms with Gasteiger partial charge in [-0.05, 0) is 56.5 Å². The number of ether oxygens (including phenoxy) is 2. The predicted octanol–water partition coefficient (Wildman–Crippen LogP) is 3.62. The Morgan fingerprint density at radius 1 is 1.31 bits per heavy atom. The summed E-state index contributed by atoms with van der Waals surface area (Å²) in [6.45, 7) is 5.17. The lowest BCUT2D eigenvalue weighted by Crippen LogP contribution is -2.45. The first-order valence-electron chi connectivity index (χ1n) is 12.2. The summed E-state index contributed by atoms with van der Waals surface area (Å²) in [6, 6.07) is 3.58. The van der Waals surface area contributed by atoms with Gasteiger partial charge in [0, 0.05) is 36.3 Å². The van der Waals surface area contributed by atoms with E-state index in [1.807, 2.05) is 12.3 Å². The Balaban J connectivity index is 1.63. The van der Waals surface area contributed by atoms with Gasteiger partial charge in [-0.15, -0.1) is 11.3 Å². The molecule has 0 saturated carbocycles. The SMILES string of the molecule is CCOC(=O)C1=C2C[C@H](N3CCCC3C(=O)OC)CN2C(c2nccs2)=N[C@H]1c1ccc(F)cc1C. The monoisotopic (exact) mass is 512 g/mol. The standard InChI is InChI=1S/C26H29FN4O4S/c1-4-35-26(33)21-20-13-17(30-10-5-6-19(30)25(32)34-3)14-31(20)23(24-28-9-11-36-24)29-22(21)18-8-7-16(27)12-15(18)2/h7-9,11-12,17,19,22H,4-6,10,13-14H2,1-3H3/t17-,19?,22-/m0/s1. The fourth-order valence-electron chi connectivity index (χ4n) is 5.55. The molecule has 3 atom stereocenters. The molecule has 5 rings (SSSR count). The number of thiazole rings is 1. The molecule has 2 aromatic rings. The fourth-order valence-corrected chi connectivity index (χ4v) is 6.19. The van der Waals surface area contributed by atoms with E-state index in [4.69, 9.17) is 14.5 Å². The number of amidine groups is 1. The number of halogens is 1. The van der Waals surface area contributed by atoms with Gasteiger partial charge in [0.25, 0.3) is 0 Å². The average molecular weight is 513 g/mol. The van der Waals surface area contributed by atoms with Crippen LogP contribution in [0.5, 0.6) is 0 Å². The number of aryl methyl sites for hydroxylation is 1. The molecule has 3 aliphatic heterocycles. The summed E-state index contributed by atoms with van der Waals surface area (Å²) in [6.07, 6.45) is 3.94. The molecule has 190 valence electrons. The van der Waals surface area contributed by atoms with Gasteiger partial charge in [-0.25, -0.2) is 14.2 Å². The highest BCUT2D eigenvalue weighted by molar-refractivity contribution is 7.11. The van der Waals surface area contributed by atoms with Gasteiger partial charge in [0.05, 0.1) is 19.3 Å². The highest BCUT2D eigenvalue weighted by Crippen LogP contribution is 2.43. The number of benzene rings is 1. The van der Waals surface area contributed by atoms with E-state index in [9.17, 15) is 14.0 Å². The maximum absolute atomic E-state index is 14.0. The molecular formula is C26H29FN4O4S. The molecule has 3 aliphatic rings. The van der Waals surface area contributed by atoms with Gasteiger partial charge in [-0.3, -0.25) is 14.7 Å². The van der Waals surface area contributed by atoms with Crippen LogP contribution >= 0.6 is 11.3 Å². The summed E-state index contributed by atoms with van der Waals surface area (Å²) in [5.41, 5.74) is 2.74. The first-order valence-corrected chi connectivity index (χ1v) is 13.1. The number of fused-ring (bicyclic) bond motifs is 1. The van der Waals surface area contributed by atoms with Crippen LogP contribution in [0.3, 0.4) is 0 Å². The van der Waals surface area contributed by atoms with Crippen LogP contribution in [-0.4, -0.2) is 71.4 Å². The second kappa shape index (κ2) is 10.1. The van der Waals surface area contributed by atoms with Crippen molar-refractivity contribution < 1.29 is 23.5 Å². The number of aromatic nitrogens is 1. The van der Waals surface area contributed by atoms with Crippen molar-refractivity contribution in [2.45, 2.75) is 51.2 Å². The minimum atomic E-state index is -0.650. The molecule has 36 heavy (non-hydrogen) atoms. The molecule has 0 spiro atoms. The molecule has 2 saturated heterocycles. The molecule has 1 aromatic heterocycles. The molecule has 8 nitrogen and oxygen atoms in total. The molecule has 0 amide bonds. The zero-order valence-corrected chi connectivity index (χ0v) is 21.4. The van der Waals surface area contributed by atoms with Crippen LogP contribution in [0.15, 0.2) is 46.0 Å². The second-order valence-corrected chi connectivity index (χ2v) is 10.1. The van der Waals surface area contributed by atoms with Crippen molar-refractivity contribution in [2.24, 2.45) is 4.99 Å². The molecule has 10 heteroatoms. The van der Waals surface area contributed by atoms with Gasteiger partial charge in [0.2, 0.25) is 0 Å². The number of methoxy groups -OCH3 is 1. The highest BCUT2D eigenvalue weighted by Gasteiger charge is 2.46. The maximum Gasteiger partial charge on any atom is 0.338 e. The summed E-state index contributed by atoms with van der Waals surface area (Å²) >= 11 is 1.47. The summed E-state index contributed by atoms with van der Waals surface area (Å²) < 4.78 is 24.5. The number of esters is 2. The van der Waals surface area contributed by atoms with Gasteiger partial charge >= 0.3 is 11.9 Å². The van der Waals surface area contributed by atoms with E-state index in [-0.39, 0.29) is 30.5 Å². The lowest BCUT2D eigenvalue weighted by Gasteiger charge is -2.32. The molecule has 4 heterocycles. The zero-order chi connectivity index (χ0) is 25.4. The third-order valence-corrected chi connectivity index (χ3v) is 7.89. The largest absolute Gasteiger partial charge is 0.468 e. The van der Waals surface area contributed by atoms with Gasteiger partial charge in [-0.1, -0.05) is 6.07 Å². The quantitative estimate of drug-likeness (QED) is 0.547. The number of rotatable bonds is 6. The van der Waals surface area contributed by atoms with Crippen molar-refractivity contribution in [1.82, 2.24) is 14.8 Å². The van der Waals surface area contributed by atoms with E-state index in [1.165, 1.54) is 30.6 Å². The lowest BCUT2D eigenvalue weighted by atomic mass is 9.91. The van der Waals surface area contributed by atoms with E-state index in [1.54, 1.807) is 19.2 Å². The number of hydrogen-bond acceptors (Lipinski definition) is 9. The van der Waals surface area contributed by atoms with Crippen LogP contribution in [0.1, 0.15) is 48.4 Å². The molecule has 0 bridgehead atoms. The minimum absolute atomic E-state index is 0.00532. The number of aliphatic imine (C=N–C) groups is 1. The number of carbonyl (C=O) groups is 2. The lowest BCUT2D eigenvalue weighted by molar-refractivity contribution is -0.146. The third-order valence-electron chi connectivity index (χ3n) is 7.12. The summed E-state index contributed by atoms with van der Waals surface area (Å²) in [5, 5.41) is 2.63. The van der Waals surface area contributed by atoms with Crippen LogP contribution in [0.2, 0.25) is 0 Å². The summed E-state index contributed by atoms with van der Waals surface area (Å²) in [4.78, 5) is 39.7. The van der Waals surface area contributed by atoms with Crippen molar-refractivity contribution in [3.05, 3.63) is 63.0 Å². The van der Waals surface area contributed by atoms with Crippen molar-refractivity contribution in [1.29, 1.82) is 0 Å². The van der Waals surface area contributed by atoms with E-state index in [0.717, 1.165) is 35.7 Å². The molecule has 1 aromatic carbocycles.